The van der Waals surface area contributed by atoms with Gasteiger partial charge in [0, 0.05) is 12.7 Å². The fourth-order valence-corrected chi connectivity index (χ4v) is 3.09. The van der Waals surface area contributed by atoms with Crippen LogP contribution in [0, 0.1) is 17.6 Å². The number of benzene rings is 1. The highest BCUT2D eigenvalue weighted by atomic mass is 19.2. The molecule has 1 heterocycles. The van der Waals surface area contributed by atoms with Gasteiger partial charge >= 0.3 is 5.97 Å². The van der Waals surface area contributed by atoms with Gasteiger partial charge in [-0.1, -0.05) is 19.9 Å². The summed E-state index contributed by atoms with van der Waals surface area (Å²) in [5.41, 5.74) is 0.216. The minimum absolute atomic E-state index is 0.0110. The lowest BCUT2D eigenvalue weighted by molar-refractivity contribution is -0.151. The van der Waals surface area contributed by atoms with Crippen LogP contribution < -0.4 is 4.74 Å². The lowest BCUT2D eigenvalue weighted by atomic mass is 9.85. The first kappa shape index (κ1) is 17.6. The van der Waals surface area contributed by atoms with Crippen LogP contribution in [0.2, 0.25) is 0 Å². The van der Waals surface area contributed by atoms with Gasteiger partial charge in [0.25, 0.3) is 0 Å². The largest absolute Gasteiger partial charge is 0.493 e. The number of rotatable bonds is 5. The van der Waals surface area contributed by atoms with Gasteiger partial charge in [0.15, 0.2) is 17.7 Å². The summed E-state index contributed by atoms with van der Waals surface area (Å²) in [6.45, 7) is 3.75. The average Bonchev–Trinajstić information content (AvgIpc) is 2.89. The summed E-state index contributed by atoms with van der Waals surface area (Å²) in [5, 5.41) is 9.46. The molecule has 1 aliphatic rings. The molecule has 5 nitrogen and oxygen atoms in total. The fourth-order valence-electron chi connectivity index (χ4n) is 3.09. The monoisotopic (exact) mass is 330 g/mol. The molecule has 7 heteroatoms. The molecule has 128 valence electrons. The van der Waals surface area contributed by atoms with Gasteiger partial charge in [0.1, 0.15) is 0 Å². The van der Waals surface area contributed by atoms with Crippen LogP contribution in [0.5, 0.6) is 5.75 Å². The minimum atomic E-state index is -1.23. The minimum Gasteiger partial charge on any atom is -0.493 e. The molecule has 1 saturated heterocycles. The van der Waals surface area contributed by atoms with Crippen molar-refractivity contribution in [3.63, 3.8) is 0 Å². The molecule has 0 saturated carbocycles. The van der Waals surface area contributed by atoms with Crippen molar-refractivity contribution in [1.82, 2.24) is 0 Å². The van der Waals surface area contributed by atoms with Gasteiger partial charge in [-0.2, -0.15) is 4.39 Å². The predicted octanol–water partition coefficient (Wildman–Crippen LogP) is 2.58. The second-order valence-corrected chi connectivity index (χ2v) is 5.81. The highest BCUT2D eigenvalue weighted by Gasteiger charge is 2.51. The zero-order valence-electron chi connectivity index (χ0n) is 13.4. The van der Waals surface area contributed by atoms with E-state index in [0.29, 0.717) is 0 Å². The third-order valence-electron chi connectivity index (χ3n) is 4.12. The Morgan fingerprint density at radius 2 is 1.96 bits per heavy atom. The van der Waals surface area contributed by atoms with E-state index in [4.69, 9.17) is 14.2 Å². The van der Waals surface area contributed by atoms with Gasteiger partial charge in [-0.3, -0.25) is 0 Å². The summed E-state index contributed by atoms with van der Waals surface area (Å²) in [7, 11) is 2.64. The Balaban J connectivity index is 2.57. The summed E-state index contributed by atoms with van der Waals surface area (Å²) in [5.74, 6) is -4.55. The Bertz CT molecular complexity index is 590. The van der Waals surface area contributed by atoms with Crippen LogP contribution in [0.1, 0.15) is 25.3 Å². The molecule has 1 aliphatic heterocycles. The lowest BCUT2D eigenvalue weighted by Crippen LogP contribution is -2.33. The van der Waals surface area contributed by atoms with Crippen LogP contribution in [0.3, 0.4) is 0 Å². The second-order valence-electron chi connectivity index (χ2n) is 5.81. The molecule has 0 amide bonds. The third-order valence-corrected chi connectivity index (χ3v) is 4.12. The van der Waals surface area contributed by atoms with E-state index >= 15 is 0 Å². The molecule has 4 unspecified atom stereocenters. The molecule has 0 aromatic heterocycles. The Morgan fingerprint density at radius 1 is 1.30 bits per heavy atom. The van der Waals surface area contributed by atoms with E-state index in [-0.39, 0.29) is 17.2 Å². The number of methoxy groups -OCH3 is 2. The zero-order valence-corrected chi connectivity index (χ0v) is 13.4. The smallest absolute Gasteiger partial charge is 0.333 e. The molecule has 2 rings (SSSR count). The number of aliphatic carboxylic acids is 1. The first-order chi connectivity index (χ1) is 10.8. The van der Waals surface area contributed by atoms with Gasteiger partial charge in [0.05, 0.1) is 25.2 Å². The first-order valence-electron chi connectivity index (χ1n) is 7.26. The molecule has 1 N–H and O–H groups in total. The maximum atomic E-state index is 14.0. The van der Waals surface area contributed by atoms with Crippen LogP contribution in [0.15, 0.2) is 12.1 Å². The maximum Gasteiger partial charge on any atom is 0.333 e. The van der Waals surface area contributed by atoms with Gasteiger partial charge in [-0.15, -0.1) is 0 Å². The van der Waals surface area contributed by atoms with Gasteiger partial charge < -0.3 is 19.3 Å². The van der Waals surface area contributed by atoms with Gasteiger partial charge in [-0.05, 0) is 12.0 Å². The SMILES string of the molecule is COc1c(C2C(C(=O)O)OC(C(C)C)C2OC)ccc(F)c1F. The van der Waals surface area contributed by atoms with E-state index in [1.165, 1.54) is 20.3 Å². The summed E-state index contributed by atoms with van der Waals surface area (Å²) in [6.07, 6.45) is -2.33. The Kier molecular flexibility index (Phi) is 5.21. The molecule has 1 aromatic carbocycles. The van der Waals surface area contributed by atoms with E-state index in [1.54, 1.807) is 0 Å². The standard InChI is InChI=1S/C16H20F2O5/c1-7(2)12-14(22-4)10(15(23-12)16(19)20)8-5-6-9(17)11(18)13(8)21-3/h5-7,10,12,14-15H,1-4H3,(H,19,20). The highest BCUT2D eigenvalue weighted by Crippen LogP contribution is 2.44. The Morgan fingerprint density at radius 3 is 2.43 bits per heavy atom. The summed E-state index contributed by atoms with van der Waals surface area (Å²) < 4.78 is 43.5. The van der Waals surface area contributed by atoms with Crippen molar-refractivity contribution in [3.8, 4) is 5.75 Å². The molecular formula is C16H20F2O5. The number of carboxylic acid groups (broad SMARTS) is 1. The molecule has 1 fully saturated rings. The molecule has 0 spiro atoms. The first-order valence-corrected chi connectivity index (χ1v) is 7.26. The van der Waals surface area contributed by atoms with Crippen molar-refractivity contribution in [2.75, 3.05) is 14.2 Å². The van der Waals surface area contributed by atoms with Crippen molar-refractivity contribution < 1.29 is 32.9 Å². The quantitative estimate of drug-likeness (QED) is 0.899. The maximum absolute atomic E-state index is 14.0. The number of hydrogen-bond donors (Lipinski definition) is 1. The molecule has 1 aromatic rings. The number of ether oxygens (including phenoxy) is 3. The van der Waals surface area contributed by atoms with Crippen LogP contribution >= 0.6 is 0 Å². The average molecular weight is 330 g/mol. The van der Waals surface area contributed by atoms with Crippen LogP contribution in [0.25, 0.3) is 0 Å². The topological polar surface area (TPSA) is 65.0 Å². The third kappa shape index (κ3) is 3.03. The summed E-state index contributed by atoms with van der Waals surface area (Å²) in [4.78, 5) is 11.6. The van der Waals surface area contributed by atoms with Crippen LogP contribution in [-0.4, -0.2) is 43.6 Å². The van der Waals surface area contributed by atoms with E-state index in [0.717, 1.165) is 6.07 Å². The van der Waals surface area contributed by atoms with E-state index in [9.17, 15) is 18.7 Å². The summed E-state index contributed by atoms with van der Waals surface area (Å²) in [6, 6.07) is 2.26. The normalized spacial score (nSPS) is 27.4. The van der Waals surface area contributed by atoms with E-state index < -0.39 is 41.8 Å². The van der Waals surface area contributed by atoms with Crippen LogP contribution in [-0.2, 0) is 14.3 Å². The Labute approximate surface area is 133 Å². The van der Waals surface area contributed by atoms with Crippen molar-refractivity contribution in [2.45, 2.75) is 38.1 Å². The lowest BCUT2D eigenvalue weighted by Gasteiger charge is -2.25. The number of halogens is 2. The second kappa shape index (κ2) is 6.80. The number of hydrogen-bond acceptors (Lipinski definition) is 4. The molecule has 0 radical (unpaired) electrons. The van der Waals surface area contributed by atoms with Gasteiger partial charge in [-0.25, -0.2) is 9.18 Å². The molecule has 23 heavy (non-hydrogen) atoms. The highest BCUT2D eigenvalue weighted by molar-refractivity contribution is 5.75. The predicted molar refractivity (Wildman–Crippen MR) is 77.6 cm³/mol. The Hall–Kier alpha value is -1.73. The van der Waals surface area contributed by atoms with Crippen molar-refractivity contribution >= 4 is 5.97 Å². The summed E-state index contributed by atoms with van der Waals surface area (Å²) >= 11 is 0. The molecular weight excluding hydrogens is 310 g/mol. The van der Waals surface area contributed by atoms with Crippen molar-refractivity contribution in [2.24, 2.45) is 5.92 Å². The number of carbonyl (C=O) groups is 1. The fraction of sp³-hybridized carbons (Fsp3) is 0.562. The van der Waals surface area contributed by atoms with Gasteiger partial charge in [0.2, 0.25) is 5.82 Å². The zero-order chi connectivity index (χ0) is 17.3. The molecule has 0 aliphatic carbocycles. The van der Waals surface area contributed by atoms with Crippen molar-refractivity contribution in [3.05, 3.63) is 29.3 Å². The van der Waals surface area contributed by atoms with Crippen molar-refractivity contribution in [1.29, 1.82) is 0 Å². The van der Waals surface area contributed by atoms with E-state index in [2.05, 4.69) is 0 Å². The molecule has 4 atom stereocenters. The molecule has 0 bridgehead atoms. The van der Waals surface area contributed by atoms with E-state index in [1.807, 2.05) is 13.8 Å². The number of carboxylic acids is 1. The van der Waals surface area contributed by atoms with Crippen LogP contribution in [0.4, 0.5) is 8.78 Å².